The van der Waals surface area contributed by atoms with Gasteiger partial charge in [-0.25, -0.2) is 0 Å². The lowest BCUT2D eigenvalue weighted by molar-refractivity contribution is -0.130. The molecular weight excluding hydrogens is 152 g/mol. The summed E-state index contributed by atoms with van der Waals surface area (Å²) in [6.07, 6.45) is 2.00. The predicted molar refractivity (Wildman–Crippen MR) is 47.4 cm³/mol. The average Bonchev–Trinajstić information content (AvgIpc) is 1.99. The second kappa shape index (κ2) is 5.59. The Morgan fingerprint density at radius 3 is 2.58 bits per heavy atom. The van der Waals surface area contributed by atoms with E-state index in [9.17, 15) is 4.79 Å². The van der Waals surface area contributed by atoms with Crippen LogP contribution in [0.3, 0.4) is 0 Å². The van der Waals surface area contributed by atoms with Gasteiger partial charge in [-0.3, -0.25) is 4.79 Å². The number of carbonyl (C=O) groups excluding carboxylic acids is 1. The van der Waals surface area contributed by atoms with Crippen LogP contribution in [0.15, 0.2) is 0 Å². The molecule has 0 spiro atoms. The first-order chi connectivity index (χ1) is 5.63. The van der Waals surface area contributed by atoms with E-state index < -0.39 is 0 Å². The fourth-order valence-electron chi connectivity index (χ4n) is 1.23. The summed E-state index contributed by atoms with van der Waals surface area (Å²) >= 11 is 0. The minimum absolute atomic E-state index is 0.0162. The van der Waals surface area contributed by atoms with E-state index in [1.54, 1.807) is 4.90 Å². The fourth-order valence-corrected chi connectivity index (χ4v) is 1.23. The molecule has 0 saturated carbocycles. The summed E-state index contributed by atoms with van der Waals surface area (Å²) in [4.78, 5) is 12.6. The lowest BCUT2D eigenvalue weighted by atomic mass is 10.1. The number of nitrogens with zero attached hydrogens (tertiary/aromatic N) is 2. The Morgan fingerprint density at radius 1 is 1.67 bits per heavy atom. The third-order valence-electron chi connectivity index (χ3n) is 1.88. The van der Waals surface area contributed by atoms with Crippen LogP contribution in [-0.4, -0.2) is 23.4 Å². The zero-order valence-corrected chi connectivity index (χ0v) is 8.00. The molecule has 0 aliphatic carbocycles. The van der Waals surface area contributed by atoms with Crippen LogP contribution >= 0.6 is 0 Å². The lowest BCUT2D eigenvalue weighted by Crippen LogP contribution is -2.37. The molecule has 0 rings (SSSR count). The molecule has 1 amide bonds. The van der Waals surface area contributed by atoms with Crippen molar-refractivity contribution in [1.82, 2.24) is 4.90 Å². The second-order valence-electron chi connectivity index (χ2n) is 2.94. The van der Waals surface area contributed by atoms with Crippen LogP contribution < -0.4 is 0 Å². The number of rotatable bonds is 4. The summed E-state index contributed by atoms with van der Waals surface area (Å²) in [5, 5.41) is 8.46. The summed E-state index contributed by atoms with van der Waals surface area (Å²) in [5.41, 5.74) is 0. The number of nitriles is 1. The maximum atomic E-state index is 11.0. The van der Waals surface area contributed by atoms with Crippen molar-refractivity contribution in [2.75, 3.05) is 6.54 Å². The molecule has 0 N–H and O–H groups in total. The Kier molecular flexibility index (Phi) is 5.11. The molecule has 0 radical (unpaired) electrons. The molecule has 12 heavy (non-hydrogen) atoms. The van der Waals surface area contributed by atoms with Gasteiger partial charge in [0.2, 0.25) is 5.91 Å². The summed E-state index contributed by atoms with van der Waals surface area (Å²) in [6.45, 7) is 5.75. The van der Waals surface area contributed by atoms with Crippen molar-refractivity contribution >= 4 is 5.91 Å². The Morgan fingerprint density at radius 2 is 2.25 bits per heavy atom. The van der Waals surface area contributed by atoms with Crippen molar-refractivity contribution in [2.24, 2.45) is 0 Å². The minimum atomic E-state index is -0.0162. The number of hydrogen-bond acceptors (Lipinski definition) is 2. The maximum Gasteiger partial charge on any atom is 0.220 e. The van der Waals surface area contributed by atoms with Crippen LogP contribution in [0.1, 0.15) is 33.6 Å². The van der Waals surface area contributed by atoms with Crippen LogP contribution in [0.5, 0.6) is 0 Å². The highest BCUT2D eigenvalue weighted by Gasteiger charge is 2.14. The van der Waals surface area contributed by atoms with Gasteiger partial charge in [-0.1, -0.05) is 13.3 Å². The Hall–Kier alpha value is -1.04. The zero-order chi connectivity index (χ0) is 9.56. The van der Waals surface area contributed by atoms with Gasteiger partial charge in [0.05, 0.1) is 6.07 Å². The van der Waals surface area contributed by atoms with Crippen LogP contribution in [0.2, 0.25) is 0 Å². The molecule has 0 unspecified atom stereocenters. The van der Waals surface area contributed by atoms with Gasteiger partial charge in [0, 0.05) is 13.0 Å². The molecule has 0 aromatic heterocycles. The predicted octanol–water partition coefficient (Wildman–Crippen LogP) is 1.55. The number of hydrogen-bond donors (Lipinski definition) is 0. The van der Waals surface area contributed by atoms with Gasteiger partial charge in [0.15, 0.2) is 0 Å². The highest BCUT2D eigenvalue weighted by atomic mass is 16.2. The van der Waals surface area contributed by atoms with Crippen molar-refractivity contribution in [3.05, 3.63) is 0 Å². The number of amides is 1. The van der Waals surface area contributed by atoms with Crippen LogP contribution in [0, 0.1) is 11.3 Å². The fraction of sp³-hybridized carbons (Fsp3) is 0.778. The average molecular weight is 168 g/mol. The largest absolute Gasteiger partial charge is 0.327 e. The van der Waals surface area contributed by atoms with E-state index in [0.29, 0.717) is 0 Å². The third kappa shape index (κ3) is 3.38. The topological polar surface area (TPSA) is 44.1 Å². The van der Waals surface area contributed by atoms with Crippen molar-refractivity contribution in [3.8, 4) is 6.07 Å². The van der Waals surface area contributed by atoms with Crippen molar-refractivity contribution in [3.63, 3.8) is 0 Å². The molecule has 0 saturated heterocycles. The van der Waals surface area contributed by atoms with Gasteiger partial charge in [0.25, 0.3) is 0 Å². The summed E-state index contributed by atoms with van der Waals surface area (Å²) in [5.74, 6) is -0.0162. The van der Waals surface area contributed by atoms with Gasteiger partial charge in [-0.15, -0.1) is 0 Å². The first-order valence-electron chi connectivity index (χ1n) is 4.27. The molecule has 3 heteroatoms. The Labute approximate surface area is 74.0 Å². The number of carbonyl (C=O) groups is 1. The zero-order valence-electron chi connectivity index (χ0n) is 8.00. The van der Waals surface area contributed by atoms with Gasteiger partial charge < -0.3 is 4.90 Å². The molecule has 0 aliphatic heterocycles. The molecule has 0 aromatic carbocycles. The van der Waals surface area contributed by atoms with E-state index in [-0.39, 0.29) is 18.5 Å². The van der Waals surface area contributed by atoms with E-state index in [1.807, 2.05) is 13.0 Å². The third-order valence-corrected chi connectivity index (χ3v) is 1.88. The highest BCUT2D eigenvalue weighted by Crippen LogP contribution is 2.05. The summed E-state index contributed by atoms with van der Waals surface area (Å²) in [6, 6.07) is 2.18. The van der Waals surface area contributed by atoms with E-state index in [0.717, 1.165) is 12.8 Å². The lowest BCUT2D eigenvalue weighted by Gasteiger charge is -2.24. The van der Waals surface area contributed by atoms with E-state index in [1.165, 1.54) is 6.92 Å². The molecule has 0 heterocycles. The maximum absolute atomic E-state index is 11.0. The molecule has 0 aliphatic rings. The van der Waals surface area contributed by atoms with Crippen molar-refractivity contribution < 1.29 is 4.79 Å². The van der Waals surface area contributed by atoms with Gasteiger partial charge >= 0.3 is 0 Å². The Bertz CT molecular complexity index is 183. The summed E-state index contributed by atoms with van der Waals surface area (Å²) < 4.78 is 0. The molecule has 0 bridgehead atoms. The standard InChI is InChI=1S/C9H16N2O/c1-4-5-8(2)11(7-6-10)9(3)12/h8H,4-5,7H2,1-3H3/t8-/m1/s1. The smallest absolute Gasteiger partial charge is 0.220 e. The first-order valence-corrected chi connectivity index (χ1v) is 4.27. The van der Waals surface area contributed by atoms with E-state index in [2.05, 4.69) is 6.92 Å². The van der Waals surface area contributed by atoms with Crippen LogP contribution in [0.4, 0.5) is 0 Å². The van der Waals surface area contributed by atoms with E-state index >= 15 is 0 Å². The minimum Gasteiger partial charge on any atom is -0.327 e. The molecule has 68 valence electrons. The first kappa shape index (κ1) is 11.0. The quantitative estimate of drug-likeness (QED) is 0.598. The van der Waals surface area contributed by atoms with Crippen molar-refractivity contribution in [2.45, 2.75) is 39.7 Å². The monoisotopic (exact) mass is 168 g/mol. The Balaban J connectivity index is 4.11. The van der Waals surface area contributed by atoms with E-state index in [4.69, 9.17) is 5.26 Å². The molecule has 0 aromatic rings. The van der Waals surface area contributed by atoms with Gasteiger partial charge in [-0.2, -0.15) is 5.26 Å². The molecular formula is C9H16N2O. The molecule has 1 atom stereocenters. The normalized spacial score (nSPS) is 11.8. The molecule has 0 fully saturated rings. The highest BCUT2D eigenvalue weighted by molar-refractivity contribution is 5.73. The van der Waals surface area contributed by atoms with Gasteiger partial charge in [-0.05, 0) is 13.3 Å². The van der Waals surface area contributed by atoms with Crippen LogP contribution in [0.25, 0.3) is 0 Å². The van der Waals surface area contributed by atoms with Crippen LogP contribution in [-0.2, 0) is 4.79 Å². The summed E-state index contributed by atoms with van der Waals surface area (Å²) in [7, 11) is 0. The van der Waals surface area contributed by atoms with Gasteiger partial charge in [0.1, 0.15) is 6.54 Å². The SMILES string of the molecule is CCC[C@@H](C)N(CC#N)C(C)=O. The second-order valence-corrected chi connectivity index (χ2v) is 2.94. The van der Waals surface area contributed by atoms with Crippen molar-refractivity contribution in [1.29, 1.82) is 5.26 Å². The molecule has 3 nitrogen and oxygen atoms in total.